The molecule has 1 N–H and O–H groups in total. The first-order valence-electron chi connectivity index (χ1n) is 5.39. The Hall–Kier alpha value is -0.0400. The summed E-state index contributed by atoms with van der Waals surface area (Å²) in [6.07, 6.45) is 7.64. The van der Waals surface area contributed by atoms with Gasteiger partial charge in [0.1, 0.15) is 0 Å². The van der Waals surface area contributed by atoms with Crippen LogP contribution in [-0.2, 0) is 0 Å². The monoisotopic (exact) mass is 166 g/mol. The van der Waals surface area contributed by atoms with Crippen molar-refractivity contribution in [3.05, 3.63) is 0 Å². The zero-order chi connectivity index (χ0) is 8.40. The van der Waals surface area contributed by atoms with E-state index in [2.05, 4.69) is 6.92 Å². The molecule has 0 aliphatic heterocycles. The van der Waals surface area contributed by atoms with E-state index in [0.29, 0.717) is 11.3 Å². The minimum absolute atomic E-state index is 0.240. The predicted octanol–water partition coefficient (Wildman–Crippen LogP) is 2.34. The third-order valence-corrected chi connectivity index (χ3v) is 5.26. The lowest BCUT2D eigenvalue weighted by Gasteiger charge is -2.50. The van der Waals surface area contributed by atoms with Gasteiger partial charge in [-0.2, -0.15) is 0 Å². The fraction of sp³-hybridized carbons (Fsp3) is 1.00. The summed E-state index contributed by atoms with van der Waals surface area (Å²) in [7, 11) is 0. The molecule has 3 aliphatic rings. The van der Waals surface area contributed by atoms with Crippen molar-refractivity contribution in [3.8, 4) is 0 Å². The van der Waals surface area contributed by atoms with Crippen molar-refractivity contribution in [3.63, 3.8) is 0 Å². The van der Waals surface area contributed by atoms with E-state index in [4.69, 9.17) is 0 Å². The van der Waals surface area contributed by atoms with Gasteiger partial charge in [0.15, 0.2) is 0 Å². The maximum atomic E-state index is 10.6. The maximum Gasteiger partial charge on any atom is 0.0731 e. The molecule has 3 aliphatic carbocycles. The molecular formula is C11H18O. The molecule has 68 valence electrons. The van der Waals surface area contributed by atoms with Crippen LogP contribution in [0.3, 0.4) is 0 Å². The summed E-state index contributed by atoms with van der Waals surface area (Å²) < 4.78 is 0. The molecule has 0 aromatic carbocycles. The van der Waals surface area contributed by atoms with Gasteiger partial charge in [-0.25, -0.2) is 0 Å². The van der Waals surface area contributed by atoms with E-state index in [9.17, 15) is 5.11 Å². The fourth-order valence-electron chi connectivity index (χ4n) is 4.20. The average Bonchev–Trinajstić information content (AvgIpc) is 2.45. The zero-order valence-corrected chi connectivity index (χ0v) is 7.84. The Bertz CT molecular complexity index is 225. The summed E-state index contributed by atoms with van der Waals surface area (Å²) in [6.45, 7) is 2.33. The number of fused-ring (bicyclic) bond motifs is 3. The van der Waals surface area contributed by atoms with Gasteiger partial charge in [-0.3, -0.25) is 0 Å². The summed E-state index contributed by atoms with van der Waals surface area (Å²) in [5, 5.41) is 10.6. The smallest absolute Gasteiger partial charge is 0.0731 e. The van der Waals surface area contributed by atoms with Crippen molar-refractivity contribution in [1.82, 2.24) is 0 Å². The van der Waals surface area contributed by atoms with Crippen molar-refractivity contribution < 1.29 is 5.11 Å². The van der Waals surface area contributed by atoms with Crippen molar-refractivity contribution in [2.24, 2.45) is 17.3 Å². The second-order valence-corrected chi connectivity index (χ2v) is 5.40. The normalized spacial score (nSPS) is 62.5. The molecule has 0 radical (unpaired) electrons. The summed E-state index contributed by atoms with van der Waals surface area (Å²) in [5.41, 5.74) is 0.0874. The topological polar surface area (TPSA) is 20.2 Å². The van der Waals surface area contributed by atoms with Crippen molar-refractivity contribution >= 4 is 0 Å². The first-order valence-corrected chi connectivity index (χ1v) is 5.39. The number of hydrogen-bond donors (Lipinski definition) is 1. The van der Waals surface area contributed by atoms with E-state index in [-0.39, 0.29) is 5.60 Å². The van der Waals surface area contributed by atoms with Gasteiger partial charge in [0, 0.05) is 0 Å². The van der Waals surface area contributed by atoms with Crippen molar-refractivity contribution in [1.29, 1.82) is 0 Å². The second-order valence-electron chi connectivity index (χ2n) is 5.40. The molecule has 3 saturated carbocycles. The Balaban J connectivity index is 2.02. The quantitative estimate of drug-likeness (QED) is 0.585. The lowest BCUT2D eigenvalue weighted by atomic mass is 9.57. The maximum absolute atomic E-state index is 10.6. The molecule has 0 bridgehead atoms. The first-order chi connectivity index (χ1) is 5.67. The Morgan fingerprint density at radius 1 is 1.17 bits per heavy atom. The van der Waals surface area contributed by atoms with Crippen LogP contribution in [0.25, 0.3) is 0 Å². The predicted molar refractivity (Wildman–Crippen MR) is 47.7 cm³/mol. The summed E-state index contributed by atoms with van der Waals surface area (Å²) in [6, 6.07) is 0. The van der Waals surface area contributed by atoms with Crippen LogP contribution in [0.5, 0.6) is 0 Å². The van der Waals surface area contributed by atoms with Crippen molar-refractivity contribution in [2.75, 3.05) is 0 Å². The van der Waals surface area contributed by atoms with Gasteiger partial charge in [-0.15, -0.1) is 0 Å². The second kappa shape index (κ2) is 1.89. The first kappa shape index (κ1) is 7.37. The molecule has 3 fully saturated rings. The lowest BCUT2D eigenvalue weighted by Crippen LogP contribution is -2.50. The van der Waals surface area contributed by atoms with Crippen LogP contribution < -0.4 is 0 Å². The zero-order valence-electron chi connectivity index (χ0n) is 7.84. The van der Waals surface area contributed by atoms with Gasteiger partial charge in [0.25, 0.3) is 0 Å². The molecule has 0 saturated heterocycles. The molecule has 1 heteroatoms. The molecule has 0 spiro atoms. The van der Waals surface area contributed by atoms with E-state index in [1.165, 1.54) is 32.1 Å². The molecule has 0 amide bonds. The Labute approximate surface area is 74.2 Å². The van der Waals surface area contributed by atoms with Gasteiger partial charge in [0.2, 0.25) is 0 Å². The van der Waals surface area contributed by atoms with Gasteiger partial charge in [-0.05, 0) is 49.4 Å². The minimum Gasteiger partial charge on any atom is -0.389 e. The Kier molecular flexibility index (Phi) is 1.16. The highest BCUT2D eigenvalue weighted by Gasteiger charge is 2.66. The van der Waals surface area contributed by atoms with Crippen LogP contribution in [0.2, 0.25) is 0 Å². The molecule has 0 unspecified atom stereocenters. The molecular weight excluding hydrogens is 148 g/mol. The molecule has 0 aromatic rings. The fourth-order valence-corrected chi connectivity index (χ4v) is 4.20. The van der Waals surface area contributed by atoms with Crippen LogP contribution in [0, 0.1) is 17.3 Å². The highest BCUT2D eigenvalue weighted by atomic mass is 16.3. The van der Waals surface area contributed by atoms with Crippen molar-refractivity contribution in [2.45, 2.75) is 51.0 Å². The van der Waals surface area contributed by atoms with Gasteiger partial charge >= 0.3 is 0 Å². The van der Waals surface area contributed by atoms with Crippen LogP contribution in [0.15, 0.2) is 0 Å². The third-order valence-electron chi connectivity index (χ3n) is 5.26. The third kappa shape index (κ3) is 0.555. The standard InChI is InChI=1S/C11H18O/c1-10-6-4-8(10)7-9-3-2-5-11(9,10)12/h8-9,12H,2-7H2,1H3/t8-,9+,10-,11+/m1/s1. The molecule has 4 atom stereocenters. The highest BCUT2D eigenvalue weighted by molar-refractivity contribution is 5.16. The van der Waals surface area contributed by atoms with E-state index in [0.717, 1.165) is 12.3 Å². The van der Waals surface area contributed by atoms with Crippen LogP contribution >= 0.6 is 0 Å². The number of aliphatic hydroxyl groups is 1. The van der Waals surface area contributed by atoms with E-state index in [1.807, 2.05) is 0 Å². The van der Waals surface area contributed by atoms with Crippen LogP contribution in [0.1, 0.15) is 45.4 Å². The van der Waals surface area contributed by atoms with Crippen LogP contribution in [-0.4, -0.2) is 10.7 Å². The Morgan fingerprint density at radius 2 is 2.00 bits per heavy atom. The minimum atomic E-state index is -0.240. The highest BCUT2D eigenvalue weighted by Crippen LogP contribution is 2.68. The van der Waals surface area contributed by atoms with Gasteiger partial charge < -0.3 is 5.11 Å². The molecule has 12 heavy (non-hydrogen) atoms. The molecule has 1 nitrogen and oxygen atoms in total. The Morgan fingerprint density at radius 3 is 2.67 bits per heavy atom. The molecule has 0 aromatic heterocycles. The number of hydrogen-bond acceptors (Lipinski definition) is 1. The number of rotatable bonds is 0. The van der Waals surface area contributed by atoms with Gasteiger partial charge in [0.05, 0.1) is 5.60 Å². The van der Waals surface area contributed by atoms with E-state index in [1.54, 1.807) is 0 Å². The summed E-state index contributed by atoms with van der Waals surface area (Å²) >= 11 is 0. The summed E-state index contributed by atoms with van der Waals surface area (Å²) in [4.78, 5) is 0. The van der Waals surface area contributed by atoms with Gasteiger partial charge in [-0.1, -0.05) is 13.3 Å². The molecule has 0 heterocycles. The molecule has 3 rings (SSSR count). The summed E-state index contributed by atoms with van der Waals surface area (Å²) in [5.74, 6) is 1.53. The lowest BCUT2D eigenvalue weighted by molar-refractivity contribution is -0.120. The van der Waals surface area contributed by atoms with E-state index < -0.39 is 0 Å². The SMILES string of the molecule is C[C@@]12CC[C@@H]1C[C@@H]1CCC[C@]12O. The van der Waals surface area contributed by atoms with Crippen LogP contribution in [0.4, 0.5) is 0 Å². The largest absolute Gasteiger partial charge is 0.389 e. The van der Waals surface area contributed by atoms with E-state index >= 15 is 0 Å². The average molecular weight is 166 g/mol.